The van der Waals surface area contributed by atoms with E-state index in [-0.39, 0.29) is 11.8 Å². The normalized spacial score (nSPS) is 22.1. The maximum Gasteiger partial charge on any atom is 0.293 e. The molecule has 0 aromatic heterocycles. The van der Waals surface area contributed by atoms with Crippen LogP contribution in [0.1, 0.15) is 30.1 Å². The first-order valence-electron chi connectivity index (χ1n) is 7.13. The van der Waals surface area contributed by atoms with Crippen LogP contribution in [0.3, 0.4) is 0 Å². The van der Waals surface area contributed by atoms with Crippen molar-refractivity contribution in [3.8, 4) is 0 Å². The SMILES string of the molecule is C[C@@H]1CCC[NH+](CC(=O)NNC(=O)c2ccccc2)C1. The third-order valence-corrected chi connectivity index (χ3v) is 3.63. The van der Waals surface area contributed by atoms with Crippen LogP contribution in [-0.2, 0) is 4.79 Å². The standard InChI is InChI=1S/C15H21N3O2/c1-12-6-5-9-18(10-12)11-14(19)16-17-15(20)13-7-3-2-4-8-13/h2-4,7-8,12H,5-6,9-11H2,1H3,(H,16,19)(H,17,20)/p+1/t12-/m1/s1. The van der Waals surface area contributed by atoms with E-state index in [2.05, 4.69) is 17.8 Å². The fourth-order valence-corrected chi connectivity index (χ4v) is 2.62. The molecule has 1 unspecified atom stereocenters. The molecule has 5 heteroatoms. The van der Waals surface area contributed by atoms with Gasteiger partial charge in [0.2, 0.25) is 0 Å². The fourth-order valence-electron chi connectivity index (χ4n) is 2.62. The highest BCUT2D eigenvalue weighted by Crippen LogP contribution is 2.04. The minimum atomic E-state index is -0.291. The van der Waals surface area contributed by atoms with Crippen LogP contribution in [0.5, 0.6) is 0 Å². The summed E-state index contributed by atoms with van der Waals surface area (Å²) in [7, 11) is 0. The summed E-state index contributed by atoms with van der Waals surface area (Å²) in [6.45, 7) is 4.69. The minimum absolute atomic E-state index is 0.140. The summed E-state index contributed by atoms with van der Waals surface area (Å²) in [4.78, 5) is 24.9. The van der Waals surface area contributed by atoms with E-state index in [0.717, 1.165) is 13.1 Å². The van der Waals surface area contributed by atoms with Gasteiger partial charge in [0.1, 0.15) is 0 Å². The van der Waals surface area contributed by atoms with E-state index in [0.29, 0.717) is 18.0 Å². The van der Waals surface area contributed by atoms with Crippen LogP contribution in [-0.4, -0.2) is 31.4 Å². The summed E-state index contributed by atoms with van der Waals surface area (Å²) >= 11 is 0. The molecule has 0 spiro atoms. The van der Waals surface area contributed by atoms with Gasteiger partial charge in [-0.1, -0.05) is 25.1 Å². The Morgan fingerprint density at radius 3 is 2.70 bits per heavy atom. The molecule has 1 aliphatic heterocycles. The number of rotatable bonds is 3. The van der Waals surface area contributed by atoms with Crippen molar-refractivity contribution in [2.75, 3.05) is 19.6 Å². The number of hydrazine groups is 1. The number of piperidine rings is 1. The summed E-state index contributed by atoms with van der Waals surface area (Å²) in [5.41, 5.74) is 5.47. The van der Waals surface area contributed by atoms with Crippen LogP contribution in [0.2, 0.25) is 0 Å². The van der Waals surface area contributed by atoms with Gasteiger partial charge in [-0.15, -0.1) is 0 Å². The molecule has 0 aliphatic carbocycles. The predicted octanol–water partition coefficient (Wildman–Crippen LogP) is -0.238. The highest BCUT2D eigenvalue weighted by molar-refractivity contribution is 5.95. The van der Waals surface area contributed by atoms with Crippen molar-refractivity contribution in [1.29, 1.82) is 0 Å². The summed E-state index contributed by atoms with van der Waals surface area (Å²) in [5.74, 6) is 0.241. The molecule has 0 bridgehead atoms. The third kappa shape index (κ3) is 4.35. The van der Waals surface area contributed by atoms with E-state index in [9.17, 15) is 9.59 Å². The van der Waals surface area contributed by atoms with Gasteiger partial charge in [-0.25, -0.2) is 0 Å². The van der Waals surface area contributed by atoms with Crippen LogP contribution < -0.4 is 15.8 Å². The molecule has 1 heterocycles. The Morgan fingerprint density at radius 1 is 1.25 bits per heavy atom. The highest BCUT2D eigenvalue weighted by Gasteiger charge is 2.22. The zero-order valence-electron chi connectivity index (χ0n) is 11.8. The minimum Gasteiger partial charge on any atom is -0.327 e. The molecule has 3 N–H and O–H groups in total. The van der Waals surface area contributed by atoms with Crippen LogP contribution in [0.25, 0.3) is 0 Å². The van der Waals surface area contributed by atoms with Gasteiger partial charge in [-0.3, -0.25) is 20.4 Å². The summed E-state index contributed by atoms with van der Waals surface area (Å²) in [5, 5.41) is 0. The monoisotopic (exact) mass is 276 g/mol. The first kappa shape index (κ1) is 14.5. The lowest BCUT2D eigenvalue weighted by Crippen LogP contribution is -3.14. The second-order valence-electron chi connectivity index (χ2n) is 5.50. The van der Waals surface area contributed by atoms with Crippen molar-refractivity contribution < 1.29 is 14.5 Å². The molecule has 1 aromatic carbocycles. The Labute approximate surface area is 119 Å². The van der Waals surface area contributed by atoms with Crippen molar-refractivity contribution in [2.24, 2.45) is 5.92 Å². The number of likely N-dealkylation sites (tertiary alicyclic amines) is 1. The van der Waals surface area contributed by atoms with E-state index in [1.807, 2.05) is 6.07 Å². The maximum atomic E-state index is 11.8. The lowest BCUT2D eigenvalue weighted by Gasteiger charge is -2.27. The molecule has 2 amide bonds. The molecule has 20 heavy (non-hydrogen) atoms. The number of carbonyl (C=O) groups is 2. The average Bonchev–Trinajstić information content (AvgIpc) is 2.46. The molecule has 1 fully saturated rings. The van der Waals surface area contributed by atoms with E-state index in [1.54, 1.807) is 24.3 Å². The molecule has 2 rings (SSSR count). The van der Waals surface area contributed by atoms with Crippen LogP contribution in [0.15, 0.2) is 30.3 Å². The van der Waals surface area contributed by atoms with Gasteiger partial charge in [0.15, 0.2) is 6.54 Å². The fraction of sp³-hybridized carbons (Fsp3) is 0.467. The van der Waals surface area contributed by atoms with E-state index in [1.165, 1.54) is 17.7 Å². The number of carbonyl (C=O) groups excluding carboxylic acids is 2. The van der Waals surface area contributed by atoms with E-state index in [4.69, 9.17) is 0 Å². The Balaban J connectivity index is 1.73. The predicted molar refractivity (Wildman–Crippen MR) is 76.0 cm³/mol. The number of amides is 2. The van der Waals surface area contributed by atoms with Crippen molar-refractivity contribution in [2.45, 2.75) is 19.8 Å². The van der Waals surface area contributed by atoms with Gasteiger partial charge in [-0.05, 0) is 25.0 Å². The van der Waals surface area contributed by atoms with Gasteiger partial charge >= 0.3 is 0 Å². The number of quaternary nitrogens is 1. The van der Waals surface area contributed by atoms with Crippen molar-refractivity contribution >= 4 is 11.8 Å². The number of hydrogen-bond acceptors (Lipinski definition) is 2. The zero-order chi connectivity index (χ0) is 14.4. The molecule has 0 saturated carbocycles. The van der Waals surface area contributed by atoms with Gasteiger partial charge in [0.05, 0.1) is 13.1 Å². The van der Waals surface area contributed by atoms with Gasteiger partial charge in [-0.2, -0.15) is 0 Å². The highest BCUT2D eigenvalue weighted by atomic mass is 16.2. The van der Waals surface area contributed by atoms with Crippen molar-refractivity contribution in [3.05, 3.63) is 35.9 Å². The van der Waals surface area contributed by atoms with Crippen LogP contribution in [0, 0.1) is 5.92 Å². The third-order valence-electron chi connectivity index (χ3n) is 3.63. The van der Waals surface area contributed by atoms with E-state index < -0.39 is 0 Å². The summed E-state index contributed by atoms with van der Waals surface area (Å²) in [6, 6.07) is 8.83. The average molecular weight is 276 g/mol. The Morgan fingerprint density at radius 2 is 2.00 bits per heavy atom. The largest absolute Gasteiger partial charge is 0.327 e. The number of nitrogens with one attached hydrogen (secondary N) is 3. The Hall–Kier alpha value is -1.88. The smallest absolute Gasteiger partial charge is 0.293 e. The first-order chi connectivity index (χ1) is 9.65. The molecule has 108 valence electrons. The van der Waals surface area contributed by atoms with Crippen LogP contribution in [0.4, 0.5) is 0 Å². The topological polar surface area (TPSA) is 62.6 Å². The van der Waals surface area contributed by atoms with Gasteiger partial charge < -0.3 is 4.90 Å². The summed E-state index contributed by atoms with van der Waals surface area (Å²) < 4.78 is 0. The molecular formula is C15H22N3O2+. The van der Waals surface area contributed by atoms with E-state index >= 15 is 0 Å². The Kier molecular flexibility index (Phi) is 5.12. The van der Waals surface area contributed by atoms with Gasteiger partial charge in [0, 0.05) is 11.5 Å². The number of benzene rings is 1. The first-order valence-corrected chi connectivity index (χ1v) is 7.13. The lowest BCUT2D eigenvalue weighted by atomic mass is 10.0. The lowest BCUT2D eigenvalue weighted by molar-refractivity contribution is -0.900. The van der Waals surface area contributed by atoms with Crippen molar-refractivity contribution in [1.82, 2.24) is 10.9 Å². The number of hydrogen-bond donors (Lipinski definition) is 3. The molecular weight excluding hydrogens is 254 g/mol. The van der Waals surface area contributed by atoms with Gasteiger partial charge in [0.25, 0.3) is 11.8 Å². The molecule has 2 atom stereocenters. The molecule has 1 aliphatic rings. The second kappa shape index (κ2) is 7.05. The molecule has 5 nitrogen and oxygen atoms in total. The van der Waals surface area contributed by atoms with Crippen LogP contribution >= 0.6 is 0 Å². The molecule has 0 radical (unpaired) electrons. The zero-order valence-corrected chi connectivity index (χ0v) is 11.8. The summed E-state index contributed by atoms with van der Waals surface area (Å²) in [6.07, 6.45) is 2.41. The maximum absolute atomic E-state index is 11.8. The molecule has 1 aromatic rings. The van der Waals surface area contributed by atoms with Crippen molar-refractivity contribution in [3.63, 3.8) is 0 Å². The molecule has 1 saturated heterocycles. The second-order valence-corrected chi connectivity index (χ2v) is 5.50. The quantitative estimate of drug-likeness (QED) is 0.667. The Bertz CT molecular complexity index is 461.